The normalized spacial score (nSPS) is 29.5. The van der Waals surface area contributed by atoms with Crippen LogP contribution in [0.5, 0.6) is 0 Å². The molecule has 2 fully saturated rings. The van der Waals surface area contributed by atoms with Crippen LogP contribution >= 0.6 is 0 Å². The van der Waals surface area contributed by atoms with E-state index >= 15 is 0 Å². The Labute approximate surface area is 106 Å². The van der Waals surface area contributed by atoms with Crippen LogP contribution in [0, 0.1) is 5.92 Å². The number of rotatable bonds is 4. The number of nitrogens with one attached hydrogen (secondary N) is 1. The maximum atomic E-state index is 5.57. The lowest BCUT2D eigenvalue weighted by Crippen LogP contribution is -2.47. The molecule has 0 bridgehead atoms. The van der Waals surface area contributed by atoms with Gasteiger partial charge in [0.25, 0.3) is 0 Å². The number of morpholine rings is 1. The summed E-state index contributed by atoms with van der Waals surface area (Å²) in [4.78, 5) is 2.44. The van der Waals surface area contributed by atoms with Crippen molar-refractivity contribution < 1.29 is 4.74 Å². The van der Waals surface area contributed by atoms with Crippen molar-refractivity contribution in [3.63, 3.8) is 0 Å². The fourth-order valence-electron chi connectivity index (χ4n) is 3.41. The molecule has 1 aliphatic carbocycles. The van der Waals surface area contributed by atoms with Crippen LogP contribution in [0.25, 0.3) is 0 Å². The topological polar surface area (TPSA) is 24.5 Å². The van der Waals surface area contributed by atoms with Gasteiger partial charge in [-0.15, -0.1) is 0 Å². The van der Waals surface area contributed by atoms with Crippen LogP contribution in [0.3, 0.4) is 0 Å². The summed E-state index contributed by atoms with van der Waals surface area (Å²) in [6.07, 6.45) is 8.42. The van der Waals surface area contributed by atoms with E-state index in [0.717, 1.165) is 31.7 Å². The summed E-state index contributed by atoms with van der Waals surface area (Å²) in [5.74, 6) is 0.905. The van der Waals surface area contributed by atoms with Crippen molar-refractivity contribution in [1.29, 1.82) is 0 Å². The molecule has 0 amide bonds. The summed E-state index contributed by atoms with van der Waals surface area (Å²) in [7, 11) is 4.48. The van der Waals surface area contributed by atoms with E-state index in [0.29, 0.717) is 6.04 Å². The average molecular weight is 240 g/mol. The highest BCUT2D eigenvalue weighted by Gasteiger charge is 2.28. The van der Waals surface area contributed by atoms with E-state index in [1.807, 2.05) is 0 Å². The third kappa shape index (κ3) is 3.94. The van der Waals surface area contributed by atoms with Crippen LogP contribution < -0.4 is 5.32 Å². The minimum atomic E-state index is 0.568. The van der Waals surface area contributed by atoms with Gasteiger partial charge < -0.3 is 15.0 Å². The first-order valence-electron chi connectivity index (χ1n) is 7.25. The molecule has 2 rings (SSSR count). The van der Waals surface area contributed by atoms with Gasteiger partial charge in [0, 0.05) is 18.6 Å². The Bertz CT molecular complexity index is 208. The molecule has 3 heteroatoms. The van der Waals surface area contributed by atoms with Crippen molar-refractivity contribution in [3.05, 3.63) is 0 Å². The summed E-state index contributed by atoms with van der Waals surface area (Å²) < 4.78 is 5.57. The fraction of sp³-hybridized carbons (Fsp3) is 1.00. The smallest absolute Gasteiger partial charge is 0.0620 e. The summed E-state index contributed by atoms with van der Waals surface area (Å²) in [6.45, 7) is 2.80. The Kier molecular flexibility index (Phi) is 5.26. The van der Waals surface area contributed by atoms with Gasteiger partial charge in [0.1, 0.15) is 0 Å². The zero-order valence-electron chi connectivity index (χ0n) is 11.5. The van der Waals surface area contributed by atoms with Gasteiger partial charge in [0.05, 0.1) is 13.2 Å². The second kappa shape index (κ2) is 6.72. The van der Waals surface area contributed by atoms with E-state index in [1.54, 1.807) is 0 Å². The van der Waals surface area contributed by atoms with E-state index in [9.17, 15) is 0 Å². The number of ether oxygens (including phenoxy) is 1. The van der Waals surface area contributed by atoms with Crippen molar-refractivity contribution in [3.8, 4) is 0 Å². The highest BCUT2D eigenvalue weighted by atomic mass is 16.5. The van der Waals surface area contributed by atoms with Crippen LogP contribution in [0.15, 0.2) is 0 Å². The van der Waals surface area contributed by atoms with Gasteiger partial charge in [0.15, 0.2) is 0 Å². The molecule has 17 heavy (non-hydrogen) atoms. The van der Waals surface area contributed by atoms with Crippen LogP contribution in [0.2, 0.25) is 0 Å². The van der Waals surface area contributed by atoms with Crippen LogP contribution in [0.4, 0.5) is 0 Å². The molecule has 1 aliphatic heterocycles. The minimum Gasteiger partial charge on any atom is -0.379 e. The van der Waals surface area contributed by atoms with Gasteiger partial charge in [-0.05, 0) is 39.3 Å². The third-order valence-electron chi connectivity index (χ3n) is 4.38. The Balaban J connectivity index is 1.86. The zero-order valence-corrected chi connectivity index (χ0v) is 11.5. The van der Waals surface area contributed by atoms with Gasteiger partial charge in [-0.25, -0.2) is 0 Å². The Morgan fingerprint density at radius 2 is 2.00 bits per heavy atom. The first kappa shape index (κ1) is 13.3. The molecule has 1 saturated carbocycles. The molecule has 3 nitrogen and oxygen atoms in total. The maximum Gasteiger partial charge on any atom is 0.0620 e. The first-order valence-corrected chi connectivity index (χ1v) is 7.25. The van der Waals surface area contributed by atoms with Crippen molar-refractivity contribution in [2.24, 2.45) is 5.92 Å². The molecular weight excluding hydrogens is 212 g/mol. The first-order chi connectivity index (χ1) is 8.27. The van der Waals surface area contributed by atoms with Crippen LogP contribution in [0.1, 0.15) is 38.5 Å². The van der Waals surface area contributed by atoms with Crippen molar-refractivity contribution in [2.45, 2.75) is 50.6 Å². The summed E-state index contributed by atoms with van der Waals surface area (Å²) in [6, 6.07) is 1.30. The Morgan fingerprint density at radius 3 is 2.59 bits per heavy atom. The van der Waals surface area contributed by atoms with Crippen molar-refractivity contribution in [2.75, 3.05) is 33.9 Å². The molecule has 0 aromatic rings. The van der Waals surface area contributed by atoms with E-state index in [4.69, 9.17) is 4.74 Å². The second-order valence-electron chi connectivity index (χ2n) is 5.89. The molecule has 2 atom stereocenters. The highest BCUT2D eigenvalue weighted by Crippen LogP contribution is 2.30. The fourth-order valence-corrected chi connectivity index (χ4v) is 3.41. The quantitative estimate of drug-likeness (QED) is 0.812. The van der Waals surface area contributed by atoms with E-state index < -0.39 is 0 Å². The number of hydrogen-bond acceptors (Lipinski definition) is 3. The summed E-state index contributed by atoms with van der Waals surface area (Å²) in [5, 5.41) is 3.59. The van der Waals surface area contributed by atoms with E-state index in [2.05, 4.69) is 24.3 Å². The van der Waals surface area contributed by atoms with Gasteiger partial charge in [-0.1, -0.05) is 19.3 Å². The van der Waals surface area contributed by atoms with Gasteiger partial charge >= 0.3 is 0 Å². The van der Waals surface area contributed by atoms with Gasteiger partial charge in [0.2, 0.25) is 0 Å². The summed E-state index contributed by atoms with van der Waals surface area (Å²) >= 11 is 0. The molecule has 100 valence electrons. The molecule has 0 aromatic carbocycles. The predicted octanol–water partition coefficient (Wildman–Crippen LogP) is 1.88. The average Bonchev–Trinajstić information content (AvgIpc) is 2.38. The van der Waals surface area contributed by atoms with Crippen molar-refractivity contribution in [1.82, 2.24) is 10.2 Å². The number of nitrogens with zero attached hydrogens (tertiary/aromatic N) is 1. The molecule has 1 N–H and O–H groups in total. The predicted molar refractivity (Wildman–Crippen MR) is 71.3 cm³/mol. The Hall–Kier alpha value is -0.120. The monoisotopic (exact) mass is 240 g/mol. The molecule has 0 aromatic heterocycles. The largest absolute Gasteiger partial charge is 0.379 e. The van der Waals surface area contributed by atoms with Gasteiger partial charge in [-0.2, -0.15) is 0 Å². The van der Waals surface area contributed by atoms with E-state index in [1.165, 1.54) is 38.5 Å². The lowest BCUT2D eigenvalue weighted by molar-refractivity contribution is 0.0546. The minimum absolute atomic E-state index is 0.568. The maximum absolute atomic E-state index is 5.57. The highest BCUT2D eigenvalue weighted by molar-refractivity contribution is 4.84. The molecule has 0 spiro atoms. The molecule has 0 radical (unpaired) electrons. The standard InChI is InChI=1S/C14H28N2O/c1-16(2)14(12-6-4-3-5-7-12)10-13-11-17-9-8-15-13/h12-15H,3-11H2,1-2H3. The van der Waals surface area contributed by atoms with Crippen LogP contribution in [-0.4, -0.2) is 50.8 Å². The SMILES string of the molecule is CN(C)C(CC1COCCN1)C1CCCCC1. The Morgan fingerprint density at radius 1 is 1.24 bits per heavy atom. The zero-order chi connectivity index (χ0) is 12.1. The van der Waals surface area contributed by atoms with Crippen LogP contribution in [-0.2, 0) is 4.74 Å². The molecule has 1 heterocycles. The number of hydrogen-bond donors (Lipinski definition) is 1. The molecule has 2 unspecified atom stereocenters. The molecule has 1 saturated heterocycles. The molecular formula is C14H28N2O. The lowest BCUT2D eigenvalue weighted by Gasteiger charge is -2.38. The van der Waals surface area contributed by atoms with Gasteiger partial charge in [-0.3, -0.25) is 0 Å². The molecule has 2 aliphatic rings. The lowest BCUT2D eigenvalue weighted by atomic mass is 9.81. The summed E-state index contributed by atoms with van der Waals surface area (Å²) in [5.41, 5.74) is 0. The third-order valence-corrected chi connectivity index (χ3v) is 4.38. The second-order valence-corrected chi connectivity index (χ2v) is 5.89. The van der Waals surface area contributed by atoms with Crippen molar-refractivity contribution >= 4 is 0 Å². The van der Waals surface area contributed by atoms with E-state index in [-0.39, 0.29) is 0 Å².